The molecule has 0 aliphatic rings. The zero-order chi connectivity index (χ0) is 16.0. The van der Waals surface area contributed by atoms with Crippen LogP contribution in [0.2, 0.25) is 0 Å². The molecule has 116 valence electrons. The number of rotatable bonds is 7. The van der Waals surface area contributed by atoms with E-state index in [0.29, 0.717) is 19.6 Å². The second-order valence-corrected chi connectivity index (χ2v) is 5.91. The molecule has 1 unspecified atom stereocenters. The summed E-state index contributed by atoms with van der Waals surface area (Å²) in [7, 11) is 0. The number of halogens is 1. The molecule has 1 amide bonds. The third kappa shape index (κ3) is 5.85. The molecule has 1 aromatic carbocycles. The molecule has 5 nitrogen and oxygen atoms in total. The molecular weight excluding hydrogens is 336 g/mol. The van der Waals surface area contributed by atoms with Crippen molar-refractivity contribution in [1.82, 2.24) is 10.2 Å². The largest absolute Gasteiger partial charge is 0.480 e. The molecule has 6 heteroatoms. The van der Waals surface area contributed by atoms with Crippen LogP contribution < -0.4 is 5.32 Å². The number of nitrogens with one attached hydrogen (secondary N) is 1. The lowest BCUT2D eigenvalue weighted by molar-refractivity contribution is -0.142. The standard InChI is InChI=1S/C15H21BrN2O3/c1-10-8-13(4-5-14(10)16)9-18(11(2)15(20)21)7-6-17-12(3)19/h4-5,8,11H,6-7,9H2,1-3H3,(H,17,19)(H,20,21). The molecule has 2 N–H and O–H groups in total. The predicted octanol–water partition coefficient (Wildman–Crippen LogP) is 2.17. The maximum Gasteiger partial charge on any atom is 0.320 e. The van der Waals surface area contributed by atoms with Crippen LogP contribution in [0.15, 0.2) is 22.7 Å². The lowest BCUT2D eigenvalue weighted by atomic mass is 10.1. The Labute approximate surface area is 133 Å². The zero-order valence-electron chi connectivity index (χ0n) is 12.5. The molecule has 0 radical (unpaired) electrons. The summed E-state index contributed by atoms with van der Waals surface area (Å²) in [4.78, 5) is 24.0. The SMILES string of the molecule is CC(=O)NCCN(Cc1ccc(Br)c(C)c1)C(C)C(=O)O. The zero-order valence-corrected chi connectivity index (χ0v) is 14.1. The number of amides is 1. The Hall–Kier alpha value is -1.40. The van der Waals surface area contributed by atoms with Crippen molar-refractivity contribution >= 4 is 27.8 Å². The average Bonchev–Trinajstić information content (AvgIpc) is 2.40. The number of aliphatic carboxylic acids is 1. The van der Waals surface area contributed by atoms with Crippen molar-refractivity contribution < 1.29 is 14.7 Å². The highest BCUT2D eigenvalue weighted by Crippen LogP contribution is 2.18. The predicted molar refractivity (Wildman–Crippen MR) is 85.1 cm³/mol. The van der Waals surface area contributed by atoms with E-state index in [1.54, 1.807) is 6.92 Å². The smallest absolute Gasteiger partial charge is 0.320 e. The second kappa shape index (κ2) is 8.14. The first kappa shape index (κ1) is 17.7. The van der Waals surface area contributed by atoms with Gasteiger partial charge in [0.15, 0.2) is 0 Å². The second-order valence-electron chi connectivity index (χ2n) is 5.05. The third-order valence-electron chi connectivity index (χ3n) is 3.29. The number of carbonyl (C=O) groups excluding carboxylic acids is 1. The van der Waals surface area contributed by atoms with Crippen molar-refractivity contribution in [2.45, 2.75) is 33.4 Å². The molecule has 0 spiro atoms. The number of hydrogen-bond donors (Lipinski definition) is 2. The van der Waals surface area contributed by atoms with Gasteiger partial charge < -0.3 is 10.4 Å². The summed E-state index contributed by atoms with van der Waals surface area (Å²) in [5.41, 5.74) is 2.16. The van der Waals surface area contributed by atoms with Crippen LogP contribution in [0.3, 0.4) is 0 Å². The van der Waals surface area contributed by atoms with Crippen LogP contribution in [0.25, 0.3) is 0 Å². The number of aryl methyl sites for hydroxylation is 1. The van der Waals surface area contributed by atoms with Crippen LogP contribution >= 0.6 is 15.9 Å². The Morgan fingerprint density at radius 3 is 2.62 bits per heavy atom. The summed E-state index contributed by atoms with van der Waals surface area (Å²) >= 11 is 3.45. The van der Waals surface area contributed by atoms with Crippen LogP contribution in [-0.2, 0) is 16.1 Å². The van der Waals surface area contributed by atoms with Crippen LogP contribution in [0.1, 0.15) is 25.0 Å². The summed E-state index contributed by atoms with van der Waals surface area (Å²) in [5.74, 6) is -0.982. The van der Waals surface area contributed by atoms with E-state index in [4.69, 9.17) is 0 Å². The Morgan fingerprint density at radius 2 is 2.10 bits per heavy atom. The summed E-state index contributed by atoms with van der Waals surface area (Å²) in [5, 5.41) is 11.9. The molecule has 0 fully saturated rings. The quantitative estimate of drug-likeness (QED) is 0.785. The lowest BCUT2D eigenvalue weighted by Crippen LogP contribution is -2.42. The molecule has 21 heavy (non-hydrogen) atoms. The molecular formula is C15H21BrN2O3. The van der Waals surface area contributed by atoms with Gasteiger partial charge in [0.05, 0.1) is 0 Å². The van der Waals surface area contributed by atoms with E-state index in [1.165, 1.54) is 6.92 Å². The van der Waals surface area contributed by atoms with Crippen LogP contribution in [0.5, 0.6) is 0 Å². The third-order valence-corrected chi connectivity index (χ3v) is 4.18. The van der Waals surface area contributed by atoms with Crippen molar-refractivity contribution in [3.05, 3.63) is 33.8 Å². The molecule has 1 aromatic rings. The number of hydrogen-bond acceptors (Lipinski definition) is 3. The highest BCUT2D eigenvalue weighted by atomic mass is 79.9. The molecule has 1 rings (SSSR count). The minimum absolute atomic E-state index is 0.114. The van der Waals surface area contributed by atoms with E-state index in [-0.39, 0.29) is 5.91 Å². The number of carboxylic acid groups (broad SMARTS) is 1. The van der Waals surface area contributed by atoms with Gasteiger partial charge in [-0.25, -0.2) is 0 Å². The molecule has 0 saturated heterocycles. The van der Waals surface area contributed by atoms with Crippen molar-refractivity contribution in [2.75, 3.05) is 13.1 Å². The lowest BCUT2D eigenvalue weighted by Gasteiger charge is -2.26. The van der Waals surface area contributed by atoms with Gasteiger partial charge in [-0.2, -0.15) is 0 Å². The number of carboxylic acids is 1. The average molecular weight is 357 g/mol. The van der Waals surface area contributed by atoms with Crippen LogP contribution in [-0.4, -0.2) is 41.0 Å². The van der Waals surface area contributed by atoms with E-state index in [1.807, 2.05) is 30.0 Å². The first-order valence-electron chi connectivity index (χ1n) is 6.77. The van der Waals surface area contributed by atoms with Gasteiger partial charge in [-0.15, -0.1) is 0 Å². The van der Waals surface area contributed by atoms with E-state index in [0.717, 1.165) is 15.6 Å². The molecule has 0 saturated carbocycles. The molecule has 0 aliphatic carbocycles. The summed E-state index contributed by atoms with van der Waals surface area (Å²) in [6.07, 6.45) is 0. The summed E-state index contributed by atoms with van der Waals surface area (Å²) < 4.78 is 1.03. The van der Waals surface area contributed by atoms with Crippen molar-refractivity contribution in [3.8, 4) is 0 Å². The van der Waals surface area contributed by atoms with Gasteiger partial charge in [0.1, 0.15) is 6.04 Å². The van der Waals surface area contributed by atoms with Gasteiger partial charge in [-0.1, -0.05) is 28.1 Å². The highest BCUT2D eigenvalue weighted by Gasteiger charge is 2.20. The van der Waals surface area contributed by atoms with Crippen molar-refractivity contribution in [3.63, 3.8) is 0 Å². The fraction of sp³-hybridized carbons (Fsp3) is 0.467. The van der Waals surface area contributed by atoms with E-state index < -0.39 is 12.0 Å². The van der Waals surface area contributed by atoms with Gasteiger partial charge in [-0.05, 0) is 31.0 Å². The highest BCUT2D eigenvalue weighted by molar-refractivity contribution is 9.10. The molecule has 1 atom stereocenters. The molecule has 0 aliphatic heterocycles. The minimum atomic E-state index is -0.869. The van der Waals surface area contributed by atoms with Gasteiger partial charge in [-0.3, -0.25) is 14.5 Å². The number of benzene rings is 1. The minimum Gasteiger partial charge on any atom is -0.480 e. The normalized spacial score (nSPS) is 12.2. The summed E-state index contributed by atoms with van der Waals surface area (Å²) in [6.45, 7) is 6.55. The Kier molecular flexibility index (Phi) is 6.84. The molecule has 0 bridgehead atoms. The molecule has 0 aromatic heterocycles. The van der Waals surface area contributed by atoms with Crippen molar-refractivity contribution in [2.24, 2.45) is 0 Å². The number of carbonyl (C=O) groups is 2. The van der Waals surface area contributed by atoms with E-state index in [9.17, 15) is 14.7 Å². The van der Waals surface area contributed by atoms with Crippen LogP contribution in [0, 0.1) is 6.92 Å². The summed E-state index contributed by atoms with van der Waals surface area (Å²) in [6, 6.07) is 5.35. The Morgan fingerprint density at radius 1 is 1.43 bits per heavy atom. The Bertz CT molecular complexity index is 520. The van der Waals surface area contributed by atoms with Crippen LogP contribution in [0.4, 0.5) is 0 Å². The maximum atomic E-state index is 11.2. The first-order chi connectivity index (χ1) is 9.81. The maximum absolute atomic E-state index is 11.2. The number of nitrogens with zero attached hydrogens (tertiary/aromatic N) is 1. The van der Waals surface area contributed by atoms with Gasteiger partial charge in [0, 0.05) is 31.0 Å². The van der Waals surface area contributed by atoms with E-state index in [2.05, 4.69) is 21.2 Å². The fourth-order valence-corrected chi connectivity index (χ4v) is 2.23. The van der Waals surface area contributed by atoms with Gasteiger partial charge >= 0.3 is 5.97 Å². The topological polar surface area (TPSA) is 69.6 Å². The van der Waals surface area contributed by atoms with Gasteiger partial charge in [0.25, 0.3) is 0 Å². The molecule has 0 heterocycles. The monoisotopic (exact) mass is 356 g/mol. The fourth-order valence-electron chi connectivity index (χ4n) is 1.98. The van der Waals surface area contributed by atoms with E-state index >= 15 is 0 Å². The first-order valence-corrected chi connectivity index (χ1v) is 7.57. The Balaban J connectivity index is 2.77. The van der Waals surface area contributed by atoms with Gasteiger partial charge in [0.2, 0.25) is 5.91 Å². The van der Waals surface area contributed by atoms with Crippen molar-refractivity contribution in [1.29, 1.82) is 0 Å².